The molecule has 0 atom stereocenters. The third kappa shape index (κ3) is 2.17. The van der Waals surface area contributed by atoms with Crippen LogP contribution in [0.5, 0.6) is 0 Å². The number of aromatic nitrogens is 2. The largest absolute Gasteiger partial charge is 0.478 e. The topological polar surface area (TPSA) is 100 Å². The quantitative estimate of drug-likeness (QED) is 0.849. The third-order valence-electron chi connectivity index (χ3n) is 2.25. The molecule has 2 aromatic rings. The van der Waals surface area contributed by atoms with Crippen molar-refractivity contribution in [2.75, 3.05) is 0 Å². The van der Waals surface area contributed by atoms with E-state index in [-0.39, 0.29) is 22.6 Å². The second-order valence-corrected chi connectivity index (χ2v) is 3.42. The van der Waals surface area contributed by atoms with Gasteiger partial charge in [-0.15, -0.1) is 0 Å². The van der Waals surface area contributed by atoms with Gasteiger partial charge < -0.3 is 10.2 Å². The molecular weight excluding hydrogens is 236 g/mol. The highest BCUT2D eigenvalue weighted by Gasteiger charge is 2.14. The summed E-state index contributed by atoms with van der Waals surface area (Å²) in [6.45, 7) is 0. The molecule has 0 saturated carbocycles. The number of rotatable bonds is 3. The normalized spacial score (nSPS) is 10.0. The molecule has 2 rings (SSSR count). The van der Waals surface area contributed by atoms with E-state index in [0.717, 1.165) is 0 Å². The van der Waals surface area contributed by atoms with Crippen LogP contribution >= 0.6 is 0 Å². The SMILES string of the molecule is O=C(O)c1cccc(-c2ncccc2C(=O)O)n1. The number of hydrogen-bond acceptors (Lipinski definition) is 4. The molecule has 0 aliphatic heterocycles. The zero-order valence-electron chi connectivity index (χ0n) is 9.07. The fourth-order valence-corrected chi connectivity index (χ4v) is 1.47. The average Bonchev–Trinajstić information content (AvgIpc) is 2.39. The number of hydrogen-bond donors (Lipinski definition) is 2. The fourth-order valence-electron chi connectivity index (χ4n) is 1.47. The summed E-state index contributed by atoms with van der Waals surface area (Å²) < 4.78 is 0. The van der Waals surface area contributed by atoms with Crippen LogP contribution in [0.4, 0.5) is 0 Å². The minimum absolute atomic E-state index is 0.0208. The number of aromatic carboxylic acids is 2. The van der Waals surface area contributed by atoms with Crippen LogP contribution < -0.4 is 0 Å². The summed E-state index contributed by atoms with van der Waals surface area (Å²) in [6, 6.07) is 7.22. The smallest absolute Gasteiger partial charge is 0.354 e. The van der Waals surface area contributed by atoms with E-state index in [2.05, 4.69) is 9.97 Å². The van der Waals surface area contributed by atoms with Gasteiger partial charge in [-0.2, -0.15) is 0 Å². The molecule has 2 aromatic heterocycles. The van der Waals surface area contributed by atoms with Crippen LogP contribution in [0.3, 0.4) is 0 Å². The first-order valence-corrected chi connectivity index (χ1v) is 4.98. The van der Waals surface area contributed by atoms with E-state index < -0.39 is 11.9 Å². The molecule has 0 aliphatic rings. The maximum atomic E-state index is 11.0. The molecule has 2 N–H and O–H groups in total. The molecule has 0 spiro atoms. The average molecular weight is 244 g/mol. The Morgan fingerprint density at radius 1 is 1.00 bits per heavy atom. The van der Waals surface area contributed by atoms with Crippen molar-refractivity contribution in [1.29, 1.82) is 0 Å². The Labute approximate surface area is 102 Å². The molecule has 2 heterocycles. The van der Waals surface area contributed by atoms with Gasteiger partial charge in [0.2, 0.25) is 0 Å². The van der Waals surface area contributed by atoms with Crippen molar-refractivity contribution in [2.24, 2.45) is 0 Å². The van der Waals surface area contributed by atoms with E-state index in [1.807, 2.05) is 0 Å². The molecule has 0 aromatic carbocycles. The van der Waals surface area contributed by atoms with Crippen molar-refractivity contribution in [1.82, 2.24) is 9.97 Å². The number of carbonyl (C=O) groups is 2. The van der Waals surface area contributed by atoms with E-state index in [9.17, 15) is 9.59 Å². The Morgan fingerprint density at radius 2 is 1.78 bits per heavy atom. The first-order valence-electron chi connectivity index (χ1n) is 4.98. The summed E-state index contributed by atoms with van der Waals surface area (Å²) >= 11 is 0. The van der Waals surface area contributed by atoms with Crippen LogP contribution in [0.2, 0.25) is 0 Å². The Balaban J connectivity index is 2.58. The summed E-state index contributed by atoms with van der Waals surface area (Å²) in [4.78, 5) is 29.6. The summed E-state index contributed by atoms with van der Waals surface area (Å²) in [5.41, 5.74) is 0.183. The highest BCUT2D eigenvalue weighted by molar-refractivity contribution is 5.94. The standard InChI is InChI=1S/C12H8N2O4/c15-11(16)7-3-2-6-13-10(7)8-4-1-5-9(14-8)12(17)18/h1-6H,(H,15,16)(H,17,18). The molecule has 0 aliphatic carbocycles. The van der Waals surface area contributed by atoms with Gasteiger partial charge in [0.15, 0.2) is 0 Å². The second-order valence-electron chi connectivity index (χ2n) is 3.42. The lowest BCUT2D eigenvalue weighted by molar-refractivity contribution is 0.0684. The Hall–Kier alpha value is -2.76. The highest BCUT2D eigenvalue weighted by atomic mass is 16.4. The fraction of sp³-hybridized carbons (Fsp3) is 0. The van der Waals surface area contributed by atoms with Crippen LogP contribution in [0, 0.1) is 0 Å². The number of pyridine rings is 2. The molecule has 0 radical (unpaired) electrons. The lowest BCUT2D eigenvalue weighted by Crippen LogP contribution is -2.05. The molecule has 6 nitrogen and oxygen atoms in total. The molecule has 0 amide bonds. The monoisotopic (exact) mass is 244 g/mol. The predicted octanol–water partition coefficient (Wildman–Crippen LogP) is 1.54. The van der Waals surface area contributed by atoms with Gasteiger partial charge in [-0.3, -0.25) is 4.98 Å². The van der Waals surface area contributed by atoms with E-state index in [4.69, 9.17) is 10.2 Å². The third-order valence-corrected chi connectivity index (χ3v) is 2.25. The Bertz CT molecular complexity index is 625. The number of carboxylic acid groups (broad SMARTS) is 2. The van der Waals surface area contributed by atoms with Crippen molar-refractivity contribution in [2.45, 2.75) is 0 Å². The molecule has 6 heteroatoms. The first kappa shape index (κ1) is 11.7. The lowest BCUT2D eigenvalue weighted by Gasteiger charge is -2.04. The van der Waals surface area contributed by atoms with E-state index in [1.54, 1.807) is 0 Å². The molecule has 0 saturated heterocycles. The lowest BCUT2D eigenvalue weighted by atomic mass is 10.1. The second kappa shape index (κ2) is 4.62. The Kier molecular flexibility index (Phi) is 3.01. The molecule has 0 fully saturated rings. The molecule has 0 bridgehead atoms. The van der Waals surface area contributed by atoms with Gasteiger partial charge in [-0.05, 0) is 24.3 Å². The maximum Gasteiger partial charge on any atom is 0.354 e. The van der Waals surface area contributed by atoms with Crippen LogP contribution in [0.1, 0.15) is 20.8 Å². The minimum Gasteiger partial charge on any atom is -0.478 e. The van der Waals surface area contributed by atoms with Gasteiger partial charge in [-0.25, -0.2) is 14.6 Å². The molecule has 90 valence electrons. The van der Waals surface area contributed by atoms with Crippen LogP contribution in [0.25, 0.3) is 11.4 Å². The van der Waals surface area contributed by atoms with Crippen molar-refractivity contribution in [3.05, 3.63) is 47.8 Å². The van der Waals surface area contributed by atoms with E-state index in [0.29, 0.717) is 0 Å². The van der Waals surface area contributed by atoms with Gasteiger partial charge in [0.1, 0.15) is 11.4 Å². The van der Waals surface area contributed by atoms with Gasteiger partial charge in [-0.1, -0.05) is 6.07 Å². The van der Waals surface area contributed by atoms with Crippen LogP contribution in [-0.4, -0.2) is 32.1 Å². The zero-order chi connectivity index (χ0) is 13.1. The van der Waals surface area contributed by atoms with Gasteiger partial charge >= 0.3 is 11.9 Å². The maximum absolute atomic E-state index is 11.0. The van der Waals surface area contributed by atoms with Gasteiger partial charge in [0.25, 0.3) is 0 Å². The Morgan fingerprint density at radius 3 is 2.44 bits per heavy atom. The van der Waals surface area contributed by atoms with Crippen molar-refractivity contribution >= 4 is 11.9 Å². The van der Waals surface area contributed by atoms with Gasteiger partial charge in [0.05, 0.1) is 11.3 Å². The molecule has 18 heavy (non-hydrogen) atoms. The summed E-state index contributed by atoms with van der Waals surface area (Å²) in [7, 11) is 0. The van der Waals surface area contributed by atoms with E-state index in [1.165, 1.54) is 36.5 Å². The van der Waals surface area contributed by atoms with Crippen LogP contribution in [-0.2, 0) is 0 Å². The first-order chi connectivity index (χ1) is 8.59. The van der Waals surface area contributed by atoms with Crippen molar-refractivity contribution in [3.8, 4) is 11.4 Å². The summed E-state index contributed by atoms with van der Waals surface area (Å²) in [5.74, 6) is -2.31. The number of nitrogens with zero attached hydrogens (tertiary/aromatic N) is 2. The van der Waals surface area contributed by atoms with Crippen molar-refractivity contribution < 1.29 is 19.8 Å². The minimum atomic E-state index is -1.18. The zero-order valence-corrected chi connectivity index (χ0v) is 9.07. The predicted molar refractivity (Wildman–Crippen MR) is 61.4 cm³/mol. The molecule has 0 unspecified atom stereocenters. The van der Waals surface area contributed by atoms with Crippen molar-refractivity contribution in [3.63, 3.8) is 0 Å². The van der Waals surface area contributed by atoms with Gasteiger partial charge in [0, 0.05) is 6.20 Å². The van der Waals surface area contributed by atoms with E-state index >= 15 is 0 Å². The number of carboxylic acids is 2. The summed E-state index contributed by atoms with van der Waals surface area (Å²) in [5, 5.41) is 17.9. The molecular formula is C12H8N2O4. The highest BCUT2D eigenvalue weighted by Crippen LogP contribution is 2.19. The summed E-state index contributed by atoms with van der Waals surface area (Å²) in [6.07, 6.45) is 1.43. The van der Waals surface area contributed by atoms with Crippen LogP contribution in [0.15, 0.2) is 36.5 Å².